The van der Waals surface area contributed by atoms with E-state index in [1.54, 1.807) is 17.5 Å². The first-order valence-electron chi connectivity index (χ1n) is 7.50. The fourth-order valence-electron chi connectivity index (χ4n) is 2.02. The van der Waals surface area contributed by atoms with Crippen molar-refractivity contribution in [3.05, 3.63) is 45.5 Å². The largest absolute Gasteiger partial charge is 0.344 e. The van der Waals surface area contributed by atoms with Crippen LogP contribution in [-0.4, -0.2) is 27.9 Å². The van der Waals surface area contributed by atoms with Crippen LogP contribution in [0.15, 0.2) is 29.6 Å². The van der Waals surface area contributed by atoms with Gasteiger partial charge >= 0.3 is 0 Å². The molecule has 1 atom stereocenters. The predicted octanol–water partition coefficient (Wildman–Crippen LogP) is 2.82. The minimum atomic E-state index is -0.521. The Balaban J connectivity index is 2.23. The third kappa shape index (κ3) is 3.77. The van der Waals surface area contributed by atoms with Crippen LogP contribution < -0.4 is 11.1 Å². The van der Waals surface area contributed by atoms with Crippen molar-refractivity contribution in [1.82, 2.24) is 10.3 Å². The average molecular weight is 348 g/mol. The van der Waals surface area contributed by atoms with Crippen molar-refractivity contribution in [1.29, 1.82) is 0 Å². The van der Waals surface area contributed by atoms with E-state index >= 15 is 0 Å². The molecule has 1 aromatic carbocycles. The van der Waals surface area contributed by atoms with Crippen molar-refractivity contribution in [2.75, 3.05) is 6.54 Å². The van der Waals surface area contributed by atoms with Gasteiger partial charge in [0.15, 0.2) is 0 Å². The quantitative estimate of drug-likeness (QED) is 0.616. The second-order valence-electron chi connectivity index (χ2n) is 6.08. The highest BCUT2D eigenvalue weighted by molar-refractivity contribution is 7.13. The van der Waals surface area contributed by atoms with E-state index in [-0.39, 0.29) is 23.2 Å². The van der Waals surface area contributed by atoms with Gasteiger partial charge in [-0.2, -0.15) is 0 Å². The molecule has 8 heteroatoms. The summed E-state index contributed by atoms with van der Waals surface area (Å²) in [6.45, 7) is 6.19. The fourth-order valence-corrected chi connectivity index (χ4v) is 2.81. The van der Waals surface area contributed by atoms with E-state index in [2.05, 4.69) is 10.3 Å². The lowest BCUT2D eigenvalue weighted by molar-refractivity contribution is -0.384. The van der Waals surface area contributed by atoms with Crippen LogP contribution in [0.25, 0.3) is 10.6 Å². The van der Waals surface area contributed by atoms with E-state index in [4.69, 9.17) is 5.73 Å². The maximum Gasteiger partial charge on any atom is 0.271 e. The number of thiazole rings is 1. The molecule has 0 aliphatic carbocycles. The molecular formula is C16H20N4O3S. The molecule has 1 unspecified atom stereocenters. The Morgan fingerprint density at radius 2 is 2.21 bits per heavy atom. The Bertz CT molecular complexity index is 759. The van der Waals surface area contributed by atoms with Crippen LogP contribution in [0, 0.1) is 16.0 Å². The number of nitro benzene ring substituents is 1. The fraction of sp³-hybridized carbons (Fsp3) is 0.375. The smallest absolute Gasteiger partial charge is 0.271 e. The van der Waals surface area contributed by atoms with Crippen molar-refractivity contribution in [3.8, 4) is 10.6 Å². The van der Waals surface area contributed by atoms with Crippen LogP contribution >= 0.6 is 11.3 Å². The number of rotatable bonds is 6. The molecule has 0 bridgehead atoms. The molecule has 3 N–H and O–H groups in total. The number of carbonyl (C=O) groups is 1. The number of non-ortho nitro benzene ring substituents is 1. The van der Waals surface area contributed by atoms with Gasteiger partial charge in [0.1, 0.15) is 10.7 Å². The van der Waals surface area contributed by atoms with Crippen LogP contribution in [0.5, 0.6) is 0 Å². The Morgan fingerprint density at radius 1 is 1.50 bits per heavy atom. The number of nitrogens with two attached hydrogens (primary N) is 1. The third-order valence-electron chi connectivity index (χ3n) is 4.14. The zero-order valence-electron chi connectivity index (χ0n) is 13.8. The summed E-state index contributed by atoms with van der Waals surface area (Å²) in [5, 5.41) is 16.0. The van der Waals surface area contributed by atoms with Crippen LogP contribution in [-0.2, 0) is 0 Å². The van der Waals surface area contributed by atoms with Crippen molar-refractivity contribution in [2.24, 2.45) is 11.7 Å². The van der Waals surface area contributed by atoms with Crippen LogP contribution in [0.1, 0.15) is 31.3 Å². The van der Waals surface area contributed by atoms with Gasteiger partial charge in [0.25, 0.3) is 11.6 Å². The number of nitrogens with one attached hydrogen (secondary N) is 1. The number of aromatic nitrogens is 1. The summed E-state index contributed by atoms with van der Waals surface area (Å²) < 4.78 is 0. The summed E-state index contributed by atoms with van der Waals surface area (Å²) in [5.41, 5.74) is 6.14. The zero-order chi connectivity index (χ0) is 17.9. The SMILES string of the molecule is CC(C)C(C)(CN)NC(=O)c1csc(-c2cccc([N+](=O)[O-])c2)n1. The highest BCUT2D eigenvalue weighted by Crippen LogP contribution is 2.27. The topological polar surface area (TPSA) is 111 Å². The highest BCUT2D eigenvalue weighted by atomic mass is 32.1. The van der Waals surface area contributed by atoms with Crippen molar-refractivity contribution in [3.63, 3.8) is 0 Å². The van der Waals surface area contributed by atoms with E-state index in [9.17, 15) is 14.9 Å². The molecule has 0 aliphatic heterocycles. The standard InChI is InChI=1S/C16H20N4O3S/c1-10(2)16(3,9-17)19-14(21)13-8-24-15(18-13)11-5-4-6-12(7-11)20(22)23/h4-8,10H,9,17H2,1-3H3,(H,19,21). The van der Waals surface area contributed by atoms with Crippen LogP contribution in [0.3, 0.4) is 0 Å². The second-order valence-corrected chi connectivity index (χ2v) is 6.93. The molecular weight excluding hydrogens is 328 g/mol. The van der Waals surface area contributed by atoms with Crippen molar-refractivity contribution >= 4 is 22.9 Å². The third-order valence-corrected chi connectivity index (χ3v) is 5.03. The maximum absolute atomic E-state index is 12.4. The number of nitro groups is 1. The van der Waals surface area contributed by atoms with Gasteiger partial charge in [0.2, 0.25) is 0 Å². The van der Waals surface area contributed by atoms with Crippen molar-refractivity contribution < 1.29 is 9.72 Å². The lowest BCUT2D eigenvalue weighted by Crippen LogP contribution is -2.55. The summed E-state index contributed by atoms with van der Waals surface area (Å²) >= 11 is 1.27. The molecule has 7 nitrogen and oxygen atoms in total. The molecule has 2 rings (SSSR count). The molecule has 2 aromatic rings. The lowest BCUT2D eigenvalue weighted by Gasteiger charge is -2.33. The summed E-state index contributed by atoms with van der Waals surface area (Å²) in [4.78, 5) is 27.1. The molecule has 0 aliphatic rings. The van der Waals surface area contributed by atoms with E-state index < -0.39 is 10.5 Å². The van der Waals surface area contributed by atoms with Crippen LogP contribution in [0.2, 0.25) is 0 Å². The number of benzene rings is 1. The Morgan fingerprint density at radius 3 is 2.79 bits per heavy atom. The van der Waals surface area contributed by atoms with Gasteiger partial charge in [0, 0.05) is 29.6 Å². The average Bonchev–Trinajstić information content (AvgIpc) is 3.04. The molecule has 128 valence electrons. The van der Waals surface area contributed by atoms with Crippen LogP contribution in [0.4, 0.5) is 5.69 Å². The number of amides is 1. The Hall–Kier alpha value is -2.32. The zero-order valence-corrected chi connectivity index (χ0v) is 14.6. The Kier molecular flexibility index (Phi) is 5.30. The molecule has 24 heavy (non-hydrogen) atoms. The summed E-state index contributed by atoms with van der Waals surface area (Å²) in [6, 6.07) is 6.18. The maximum atomic E-state index is 12.4. The lowest BCUT2D eigenvalue weighted by atomic mass is 9.88. The number of hydrogen-bond donors (Lipinski definition) is 2. The van der Waals surface area contributed by atoms with Gasteiger partial charge in [-0.15, -0.1) is 11.3 Å². The van der Waals surface area contributed by atoms with Gasteiger partial charge in [-0.1, -0.05) is 26.0 Å². The first kappa shape index (κ1) is 18.0. The monoisotopic (exact) mass is 348 g/mol. The number of hydrogen-bond acceptors (Lipinski definition) is 6. The molecule has 1 aromatic heterocycles. The molecule has 0 fully saturated rings. The van der Waals surface area contributed by atoms with E-state index in [1.165, 1.54) is 23.5 Å². The van der Waals surface area contributed by atoms with Gasteiger partial charge in [-0.25, -0.2) is 4.98 Å². The van der Waals surface area contributed by atoms with Gasteiger partial charge in [-0.3, -0.25) is 14.9 Å². The predicted molar refractivity (Wildman–Crippen MR) is 94.0 cm³/mol. The first-order valence-corrected chi connectivity index (χ1v) is 8.37. The second kappa shape index (κ2) is 7.06. The minimum absolute atomic E-state index is 0.00999. The number of nitrogens with zero attached hydrogens (tertiary/aromatic N) is 2. The number of carbonyl (C=O) groups excluding carboxylic acids is 1. The molecule has 0 spiro atoms. The molecule has 1 amide bonds. The van der Waals surface area contributed by atoms with Gasteiger partial charge < -0.3 is 11.1 Å². The highest BCUT2D eigenvalue weighted by Gasteiger charge is 2.29. The van der Waals surface area contributed by atoms with Gasteiger partial charge in [0.05, 0.1) is 10.5 Å². The molecule has 0 saturated heterocycles. The van der Waals surface area contributed by atoms with E-state index in [1.807, 2.05) is 20.8 Å². The summed E-state index contributed by atoms with van der Waals surface area (Å²) in [6.07, 6.45) is 0. The molecule has 0 saturated carbocycles. The molecule has 1 heterocycles. The van der Waals surface area contributed by atoms with Crippen molar-refractivity contribution in [2.45, 2.75) is 26.3 Å². The van der Waals surface area contributed by atoms with E-state index in [0.717, 1.165) is 0 Å². The van der Waals surface area contributed by atoms with Gasteiger partial charge in [-0.05, 0) is 12.8 Å². The normalized spacial score (nSPS) is 13.5. The Labute approximate surface area is 144 Å². The molecule has 0 radical (unpaired) electrons. The van der Waals surface area contributed by atoms with E-state index in [0.29, 0.717) is 17.1 Å². The summed E-state index contributed by atoms with van der Waals surface area (Å²) in [7, 11) is 0. The summed E-state index contributed by atoms with van der Waals surface area (Å²) in [5.74, 6) is -0.133. The first-order chi connectivity index (χ1) is 11.3. The minimum Gasteiger partial charge on any atom is -0.344 e.